The van der Waals surface area contributed by atoms with Crippen molar-refractivity contribution in [1.82, 2.24) is 14.9 Å². The van der Waals surface area contributed by atoms with Gasteiger partial charge in [-0.3, -0.25) is 4.79 Å². The van der Waals surface area contributed by atoms with Gasteiger partial charge in [0.15, 0.2) is 17.1 Å². The molecule has 0 aliphatic carbocycles. The van der Waals surface area contributed by atoms with Crippen LogP contribution in [0.2, 0.25) is 0 Å². The van der Waals surface area contributed by atoms with Crippen molar-refractivity contribution in [3.05, 3.63) is 41.5 Å². The van der Waals surface area contributed by atoms with Gasteiger partial charge in [0.2, 0.25) is 0 Å². The van der Waals surface area contributed by atoms with Crippen LogP contribution in [0.3, 0.4) is 0 Å². The summed E-state index contributed by atoms with van der Waals surface area (Å²) in [5.41, 5.74) is 9.03. The molecule has 140 valence electrons. The fraction of sp³-hybridized carbons (Fsp3) is 0.381. The monoisotopic (exact) mass is 363 g/mol. The van der Waals surface area contributed by atoms with Gasteiger partial charge in [0, 0.05) is 30.6 Å². The van der Waals surface area contributed by atoms with Crippen molar-refractivity contribution in [1.29, 1.82) is 0 Å². The molecule has 2 unspecified atom stereocenters. The number of nitrogens with zero attached hydrogens (tertiary/aromatic N) is 3. The van der Waals surface area contributed by atoms with Gasteiger partial charge in [0.25, 0.3) is 0 Å². The number of benzene rings is 1. The number of piperidine rings is 1. The number of carbonyl (C=O) groups is 1. The van der Waals surface area contributed by atoms with E-state index in [1.807, 2.05) is 29.8 Å². The Morgan fingerprint density at radius 1 is 1.52 bits per heavy atom. The number of ketones is 1. The number of carbonyl (C=O) groups excluding carboxylic acids is 1. The number of rotatable bonds is 4. The van der Waals surface area contributed by atoms with Gasteiger partial charge in [0.1, 0.15) is 6.04 Å². The fourth-order valence-corrected chi connectivity index (χ4v) is 3.44. The third kappa shape index (κ3) is 4.09. The molecule has 1 fully saturated rings. The van der Waals surface area contributed by atoms with Gasteiger partial charge in [-0.15, -0.1) is 6.42 Å². The summed E-state index contributed by atoms with van der Waals surface area (Å²) in [6.07, 6.45) is 9.61. The Morgan fingerprint density at radius 2 is 2.33 bits per heavy atom. The molecule has 1 saturated heterocycles. The molecule has 0 radical (unpaired) electrons. The van der Waals surface area contributed by atoms with Crippen LogP contribution >= 0.6 is 0 Å². The Morgan fingerprint density at radius 3 is 3.00 bits per heavy atom. The van der Waals surface area contributed by atoms with E-state index in [9.17, 15) is 4.79 Å². The molecule has 2 heterocycles. The lowest BCUT2D eigenvalue weighted by molar-refractivity contribution is 0.101. The molecule has 1 aliphatic heterocycles. The van der Waals surface area contributed by atoms with Crippen molar-refractivity contribution >= 4 is 11.6 Å². The van der Waals surface area contributed by atoms with E-state index in [1.165, 1.54) is 0 Å². The molecule has 3 N–H and O–H groups in total. The van der Waals surface area contributed by atoms with E-state index in [2.05, 4.69) is 16.2 Å². The summed E-state index contributed by atoms with van der Waals surface area (Å²) >= 11 is 0. The molecule has 2 atom stereocenters. The summed E-state index contributed by atoms with van der Waals surface area (Å²) in [4.78, 5) is 20.8. The highest BCUT2D eigenvalue weighted by atomic mass is 16.1. The quantitative estimate of drug-likeness (QED) is 0.640. The van der Waals surface area contributed by atoms with Crippen LogP contribution in [0, 0.1) is 18.3 Å². The first kappa shape index (κ1) is 18.9. The van der Waals surface area contributed by atoms with E-state index in [0.29, 0.717) is 16.9 Å². The smallest absolute Gasteiger partial charge is 0.172 e. The molecule has 6 heteroatoms. The highest BCUT2D eigenvalue weighted by Gasteiger charge is 2.21. The van der Waals surface area contributed by atoms with E-state index >= 15 is 0 Å². The summed E-state index contributed by atoms with van der Waals surface area (Å²) < 4.78 is 1.89. The summed E-state index contributed by atoms with van der Waals surface area (Å²) in [5, 5.41) is 3.38. The van der Waals surface area contributed by atoms with E-state index in [0.717, 1.165) is 37.2 Å². The predicted octanol–water partition coefficient (Wildman–Crippen LogP) is 1.77. The third-order valence-corrected chi connectivity index (χ3v) is 5.01. The lowest BCUT2D eigenvalue weighted by Gasteiger charge is -2.25. The number of terminal acetylenes is 1. The zero-order valence-electron chi connectivity index (χ0n) is 15.8. The van der Waals surface area contributed by atoms with E-state index in [4.69, 9.17) is 17.1 Å². The Balaban J connectivity index is 2.07. The lowest BCUT2D eigenvalue weighted by atomic mass is 9.92. The number of Topliss-reactive ketones (excluding diaryl/α,β-unsaturated/α-hetero) is 1. The van der Waals surface area contributed by atoms with Crippen LogP contribution in [0.15, 0.2) is 35.5 Å². The number of anilines is 1. The van der Waals surface area contributed by atoms with Gasteiger partial charge in [-0.1, -0.05) is 24.1 Å². The van der Waals surface area contributed by atoms with Crippen LogP contribution in [-0.2, 0) is 7.05 Å². The molecule has 1 aliphatic rings. The number of aromatic nitrogens is 2. The summed E-state index contributed by atoms with van der Waals surface area (Å²) in [5.74, 6) is 3.45. The molecule has 0 amide bonds. The number of nitrogen functional groups attached to an aromatic ring is 1. The van der Waals surface area contributed by atoms with Crippen molar-refractivity contribution in [3.63, 3.8) is 0 Å². The van der Waals surface area contributed by atoms with Gasteiger partial charge in [-0.2, -0.15) is 0 Å². The van der Waals surface area contributed by atoms with Gasteiger partial charge in [-0.25, -0.2) is 9.98 Å². The van der Waals surface area contributed by atoms with E-state index < -0.39 is 0 Å². The second kappa shape index (κ2) is 8.19. The van der Waals surface area contributed by atoms with Crippen LogP contribution in [-0.4, -0.2) is 34.5 Å². The molecule has 6 nitrogen and oxygen atoms in total. The molecule has 0 saturated carbocycles. The molecular weight excluding hydrogens is 338 g/mol. The SMILES string of the molecule is C#CC(N=c1c(N)ncc(-c2cccc(C(C)=O)c2)n1C)C1CCCNC1. The minimum atomic E-state index is -0.257. The molecular formula is C21H25N5O. The maximum Gasteiger partial charge on any atom is 0.172 e. The topological polar surface area (TPSA) is 85.3 Å². The standard InChI is InChI=1S/C21H25N5O/c1-4-18(17-9-6-10-23-12-17)25-21-20(22)24-13-19(26(21)3)16-8-5-7-15(11-16)14(2)27/h1,5,7-8,11,13,17-18,23H,6,9-10,12H2,2-3H3,(H2,22,24). The number of nitrogens with one attached hydrogen (secondary N) is 1. The van der Waals surface area contributed by atoms with Crippen LogP contribution in [0.25, 0.3) is 11.3 Å². The molecule has 1 aromatic heterocycles. The molecule has 3 rings (SSSR count). The molecule has 0 spiro atoms. The maximum atomic E-state index is 11.7. The summed E-state index contributed by atoms with van der Waals surface area (Å²) in [6.45, 7) is 3.43. The number of hydrogen-bond acceptors (Lipinski definition) is 5. The second-order valence-corrected chi connectivity index (χ2v) is 6.90. The van der Waals surface area contributed by atoms with Crippen molar-refractivity contribution in [2.45, 2.75) is 25.8 Å². The zero-order valence-corrected chi connectivity index (χ0v) is 15.8. The number of nitrogens with two attached hydrogens (primary N) is 1. The van der Waals surface area contributed by atoms with E-state index in [1.54, 1.807) is 19.2 Å². The average Bonchev–Trinajstić information content (AvgIpc) is 2.69. The first-order valence-corrected chi connectivity index (χ1v) is 9.15. The predicted molar refractivity (Wildman–Crippen MR) is 107 cm³/mol. The minimum absolute atomic E-state index is 0.0185. The Labute approximate surface area is 159 Å². The fourth-order valence-electron chi connectivity index (χ4n) is 3.44. The second-order valence-electron chi connectivity index (χ2n) is 6.90. The first-order chi connectivity index (χ1) is 13.0. The van der Waals surface area contributed by atoms with Crippen molar-refractivity contribution in [3.8, 4) is 23.6 Å². The van der Waals surface area contributed by atoms with E-state index in [-0.39, 0.29) is 17.7 Å². The molecule has 1 aromatic carbocycles. The van der Waals surface area contributed by atoms with Crippen LogP contribution in [0.1, 0.15) is 30.1 Å². The van der Waals surface area contributed by atoms with Gasteiger partial charge in [0.05, 0.1) is 11.9 Å². The van der Waals surface area contributed by atoms with Gasteiger partial charge < -0.3 is 15.6 Å². The first-order valence-electron chi connectivity index (χ1n) is 9.15. The lowest BCUT2D eigenvalue weighted by Crippen LogP contribution is -2.37. The molecule has 0 bridgehead atoms. The highest BCUT2D eigenvalue weighted by Crippen LogP contribution is 2.20. The van der Waals surface area contributed by atoms with Crippen molar-refractivity contribution < 1.29 is 4.79 Å². The van der Waals surface area contributed by atoms with Crippen molar-refractivity contribution in [2.75, 3.05) is 18.8 Å². The highest BCUT2D eigenvalue weighted by molar-refractivity contribution is 5.95. The van der Waals surface area contributed by atoms with Gasteiger partial charge in [-0.05, 0) is 32.4 Å². The zero-order chi connectivity index (χ0) is 19.4. The van der Waals surface area contributed by atoms with Crippen LogP contribution < -0.4 is 16.5 Å². The summed E-state index contributed by atoms with van der Waals surface area (Å²) in [7, 11) is 1.89. The average molecular weight is 363 g/mol. The Bertz CT molecular complexity index is 948. The van der Waals surface area contributed by atoms with Gasteiger partial charge >= 0.3 is 0 Å². The normalized spacial score (nSPS) is 18.7. The number of hydrogen-bond donors (Lipinski definition) is 2. The van der Waals surface area contributed by atoms with Crippen molar-refractivity contribution in [2.24, 2.45) is 18.0 Å². The largest absolute Gasteiger partial charge is 0.381 e. The van der Waals surface area contributed by atoms with Crippen LogP contribution in [0.5, 0.6) is 0 Å². The Kier molecular flexibility index (Phi) is 5.72. The molecule has 2 aromatic rings. The third-order valence-electron chi connectivity index (χ3n) is 5.01. The Hall–Kier alpha value is -2.91. The van der Waals surface area contributed by atoms with Crippen LogP contribution in [0.4, 0.5) is 5.82 Å². The summed E-state index contributed by atoms with van der Waals surface area (Å²) in [6, 6.07) is 7.19. The minimum Gasteiger partial charge on any atom is -0.381 e. The molecule has 27 heavy (non-hydrogen) atoms. The maximum absolute atomic E-state index is 11.7.